The number of urea groups is 1. The molecule has 1 aliphatic heterocycles. The Bertz CT molecular complexity index is 869. The molecule has 3 rings (SSSR count). The highest BCUT2D eigenvalue weighted by molar-refractivity contribution is 5.90. The average Bonchev–Trinajstić information content (AvgIpc) is 3.13. The molecule has 2 aromatic rings. The Morgan fingerprint density at radius 1 is 1.29 bits per heavy atom. The average molecular weight is 383 g/mol. The number of aliphatic hydroxyl groups is 1. The van der Waals surface area contributed by atoms with Crippen LogP contribution in [0.25, 0.3) is 0 Å². The molecule has 28 heavy (non-hydrogen) atoms. The third-order valence-electron chi connectivity index (χ3n) is 4.56. The normalized spacial score (nSPS) is 19.9. The first-order chi connectivity index (χ1) is 13.4. The maximum Gasteiger partial charge on any atom is 0.324 e. The predicted molar refractivity (Wildman–Crippen MR) is 104 cm³/mol. The number of nitrogens with one attached hydrogen (secondary N) is 1. The highest BCUT2D eigenvalue weighted by Crippen LogP contribution is 2.33. The van der Waals surface area contributed by atoms with Gasteiger partial charge in [-0.25, -0.2) is 4.79 Å². The number of amides is 2. The van der Waals surface area contributed by atoms with Crippen molar-refractivity contribution in [1.82, 2.24) is 4.90 Å². The summed E-state index contributed by atoms with van der Waals surface area (Å²) >= 11 is 0. The molecule has 8 heteroatoms. The number of ether oxygens (including phenoxy) is 1. The Morgan fingerprint density at radius 3 is 2.50 bits per heavy atom. The van der Waals surface area contributed by atoms with E-state index >= 15 is 0 Å². The van der Waals surface area contributed by atoms with Gasteiger partial charge in [-0.15, -0.1) is 0 Å². The smallest absolute Gasteiger partial charge is 0.324 e. The number of nitro groups is 1. The van der Waals surface area contributed by atoms with Crippen LogP contribution in [0.2, 0.25) is 0 Å². The number of carbonyl (C=O) groups excluding carboxylic acids is 1. The maximum absolute atomic E-state index is 13.0. The van der Waals surface area contributed by atoms with Crippen molar-refractivity contribution < 1.29 is 19.6 Å². The topological polar surface area (TPSA) is 105 Å². The summed E-state index contributed by atoms with van der Waals surface area (Å²) < 4.78 is 5.73. The van der Waals surface area contributed by atoms with Gasteiger partial charge in [-0.1, -0.05) is 36.9 Å². The quantitative estimate of drug-likeness (QED) is 0.467. The van der Waals surface area contributed by atoms with E-state index in [4.69, 9.17) is 4.74 Å². The van der Waals surface area contributed by atoms with Crippen molar-refractivity contribution in [3.8, 4) is 0 Å². The van der Waals surface area contributed by atoms with Crippen LogP contribution in [0.15, 0.2) is 66.7 Å². The summed E-state index contributed by atoms with van der Waals surface area (Å²) in [7, 11) is 0. The molecule has 1 heterocycles. The van der Waals surface area contributed by atoms with Gasteiger partial charge in [0.2, 0.25) is 0 Å². The second-order valence-electron chi connectivity index (χ2n) is 6.58. The molecule has 0 unspecified atom stereocenters. The fourth-order valence-corrected chi connectivity index (χ4v) is 3.06. The molecule has 0 aromatic heterocycles. The van der Waals surface area contributed by atoms with Crippen molar-refractivity contribution >= 4 is 17.4 Å². The number of rotatable bonds is 5. The van der Waals surface area contributed by atoms with Crippen molar-refractivity contribution in [3.05, 3.63) is 82.4 Å². The van der Waals surface area contributed by atoms with Gasteiger partial charge in [-0.05, 0) is 30.2 Å². The molecule has 1 aliphatic rings. The van der Waals surface area contributed by atoms with Gasteiger partial charge in [0, 0.05) is 17.8 Å². The first kappa shape index (κ1) is 19.5. The molecule has 0 spiro atoms. The maximum atomic E-state index is 13.0. The largest absolute Gasteiger partial charge is 0.384 e. The van der Waals surface area contributed by atoms with E-state index < -0.39 is 29.3 Å². The van der Waals surface area contributed by atoms with Gasteiger partial charge in [-0.2, -0.15) is 0 Å². The Hall–Kier alpha value is -3.23. The van der Waals surface area contributed by atoms with E-state index in [1.807, 2.05) is 30.3 Å². The highest BCUT2D eigenvalue weighted by Gasteiger charge is 2.42. The third kappa shape index (κ3) is 4.03. The molecule has 0 aliphatic carbocycles. The molecular formula is C20H21N3O5. The summed E-state index contributed by atoms with van der Waals surface area (Å²) in [6, 6.07) is 14.0. The Balaban J connectivity index is 1.86. The lowest BCUT2D eigenvalue weighted by Gasteiger charge is -2.31. The molecule has 0 radical (unpaired) electrons. The number of hydrogen-bond acceptors (Lipinski definition) is 5. The van der Waals surface area contributed by atoms with Crippen LogP contribution >= 0.6 is 0 Å². The summed E-state index contributed by atoms with van der Waals surface area (Å²) in [5.41, 5.74) is 1.68. The van der Waals surface area contributed by atoms with E-state index in [0.29, 0.717) is 11.3 Å². The molecule has 2 aromatic carbocycles. The third-order valence-corrected chi connectivity index (χ3v) is 4.56. The zero-order valence-corrected chi connectivity index (χ0v) is 15.3. The Kier molecular flexibility index (Phi) is 5.72. The molecule has 0 bridgehead atoms. The number of hydrogen-bond donors (Lipinski definition) is 2. The molecule has 2 N–H and O–H groups in total. The van der Waals surface area contributed by atoms with Gasteiger partial charge >= 0.3 is 6.03 Å². The molecule has 3 atom stereocenters. The molecule has 1 fully saturated rings. The van der Waals surface area contributed by atoms with Crippen molar-refractivity contribution in [2.75, 3.05) is 11.9 Å². The fraction of sp³-hybridized carbons (Fsp3) is 0.250. The summed E-state index contributed by atoms with van der Waals surface area (Å²) in [5.74, 6) is 0. The lowest BCUT2D eigenvalue weighted by atomic mass is 10.1. The number of non-ortho nitro benzene ring substituents is 1. The highest BCUT2D eigenvalue weighted by atomic mass is 16.6. The van der Waals surface area contributed by atoms with Crippen LogP contribution in [-0.4, -0.2) is 39.9 Å². The van der Waals surface area contributed by atoms with E-state index in [1.54, 1.807) is 6.92 Å². The zero-order valence-electron chi connectivity index (χ0n) is 15.3. The summed E-state index contributed by atoms with van der Waals surface area (Å²) in [6.45, 7) is 5.64. The minimum atomic E-state index is -1.05. The SMILES string of the molecule is C=C(C)[C@@H](O)[C@@H]1OC[C@H](c2ccccc2)N1C(=O)Nc1ccc([N+](=O)[O-])cc1. The van der Waals surface area contributed by atoms with Gasteiger partial charge in [0.25, 0.3) is 5.69 Å². The Morgan fingerprint density at radius 2 is 1.93 bits per heavy atom. The fourth-order valence-electron chi connectivity index (χ4n) is 3.06. The van der Waals surface area contributed by atoms with Gasteiger partial charge in [0.1, 0.15) is 6.10 Å². The molecule has 1 saturated heterocycles. The van der Waals surface area contributed by atoms with Gasteiger partial charge in [0.05, 0.1) is 17.6 Å². The predicted octanol–water partition coefficient (Wildman–Crippen LogP) is 3.46. The van der Waals surface area contributed by atoms with Crippen LogP contribution in [0, 0.1) is 10.1 Å². The molecule has 146 valence electrons. The first-order valence-electron chi connectivity index (χ1n) is 8.72. The summed E-state index contributed by atoms with van der Waals surface area (Å²) in [4.78, 5) is 24.7. The van der Waals surface area contributed by atoms with Crippen LogP contribution in [0.1, 0.15) is 18.5 Å². The molecule has 2 amide bonds. The minimum absolute atomic E-state index is 0.0692. The van der Waals surface area contributed by atoms with E-state index in [9.17, 15) is 20.0 Å². The Labute approximate surface area is 162 Å². The van der Waals surface area contributed by atoms with Crippen molar-refractivity contribution in [2.24, 2.45) is 0 Å². The van der Waals surface area contributed by atoms with E-state index in [0.717, 1.165) is 5.56 Å². The lowest BCUT2D eigenvalue weighted by Crippen LogP contribution is -2.46. The van der Waals surface area contributed by atoms with E-state index in [-0.39, 0.29) is 12.3 Å². The number of nitrogens with zero attached hydrogens (tertiary/aromatic N) is 2. The zero-order chi connectivity index (χ0) is 20.3. The van der Waals surface area contributed by atoms with Gasteiger partial charge < -0.3 is 15.2 Å². The summed E-state index contributed by atoms with van der Waals surface area (Å²) in [5, 5.41) is 24.0. The van der Waals surface area contributed by atoms with E-state index in [2.05, 4.69) is 11.9 Å². The molecule has 0 saturated carbocycles. The van der Waals surface area contributed by atoms with Crippen LogP contribution in [0.5, 0.6) is 0 Å². The standard InChI is InChI=1S/C20H21N3O5/c1-13(2)18(24)19-22(17(12-28-19)14-6-4-3-5-7-14)20(25)21-15-8-10-16(11-9-15)23(26)27/h3-11,17-19,24H,1,12H2,2H3,(H,21,25)/t17-,18-,19+/m1/s1. The number of anilines is 1. The first-order valence-corrected chi connectivity index (χ1v) is 8.72. The monoisotopic (exact) mass is 383 g/mol. The van der Waals surface area contributed by atoms with Crippen LogP contribution in [-0.2, 0) is 4.74 Å². The van der Waals surface area contributed by atoms with Crippen molar-refractivity contribution in [3.63, 3.8) is 0 Å². The molecular weight excluding hydrogens is 362 g/mol. The number of nitro benzene ring substituents is 1. The van der Waals surface area contributed by atoms with Gasteiger partial charge in [-0.3, -0.25) is 15.0 Å². The second-order valence-corrected chi connectivity index (χ2v) is 6.58. The minimum Gasteiger partial charge on any atom is -0.384 e. The van der Waals surface area contributed by atoms with E-state index in [1.165, 1.54) is 29.2 Å². The van der Waals surface area contributed by atoms with Gasteiger partial charge in [0.15, 0.2) is 6.23 Å². The van der Waals surface area contributed by atoms with Crippen LogP contribution in [0.4, 0.5) is 16.2 Å². The van der Waals surface area contributed by atoms with Crippen molar-refractivity contribution in [1.29, 1.82) is 0 Å². The second kappa shape index (κ2) is 8.20. The summed E-state index contributed by atoms with van der Waals surface area (Å²) in [6.07, 6.45) is -1.93. The van der Waals surface area contributed by atoms with Crippen LogP contribution in [0.3, 0.4) is 0 Å². The molecule has 8 nitrogen and oxygen atoms in total. The number of aliphatic hydroxyl groups excluding tert-OH is 1. The number of benzene rings is 2. The van der Waals surface area contributed by atoms with Crippen LogP contribution < -0.4 is 5.32 Å². The van der Waals surface area contributed by atoms with Crippen molar-refractivity contribution in [2.45, 2.75) is 25.3 Å². The lowest BCUT2D eigenvalue weighted by molar-refractivity contribution is -0.384. The number of carbonyl (C=O) groups is 1.